The molecule has 0 N–H and O–H groups in total. The van der Waals surface area contributed by atoms with Crippen LogP contribution in [0.4, 0.5) is 13.2 Å². The summed E-state index contributed by atoms with van der Waals surface area (Å²) < 4.78 is 44.2. The van der Waals surface area contributed by atoms with E-state index in [1.54, 1.807) is 0 Å². The second-order valence-corrected chi connectivity index (χ2v) is 6.95. The third-order valence-corrected chi connectivity index (χ3v) is 5.11. The van der Waals surface area contributed by atoms with Crippen LogP contribution >= 0.6 is 24.0 Å². The lowest BCUT2D eigenvalue weighted by atomic mass is 10.1. The summed E-state index contributed by atoms with van der Waals surface area (Å²) in [5.41, 5.74) is -0.470. The van der Waals surface area contributed by atoms with Crippen molar-refractivity contribution in [3.05, 3.63) is 35.7 Å². The second kappa shape index (κ2) is 7.10. The molecule has 0 saturated carbocycles. The third kappa shape index (κ3) is 4.07. The van der Waals surface area contributed by atoms with E-state index in [1.807, 2.05) is 0 Å². The number of halogens is 3. The highest BCUT2D eigenvalue weighted by Gasteiger charge is 2.30. The molecule has 2 aromatic rings. The Morgan fingerprint density at radius 3 is 2.75 bits per heavy atom. The molecule has 3 rings (SSSR count). The first-order valence-corrected chi connectivity index (χ1v) is 8.75. The van der Waals surface area contributed by atoms with Gasteiger partial charge in [-0.05, 0) is 25.0 Å². The Hall–Kier alpha value is -1.61. The molecule has 1 aliphatic heterocycles. The smallest absolute Gasteiger partial charge is 0.358 e. The number of nitrogens with zero attached hydrogens (tertiary/aromatic N) is 3. The lowest BCUT2D eigenvalue weighted by Gasteiger charge is -2.16. The molecule has 128 valence electrons. The molecule has 0 spiro atoms. The van der Waals surface area contributed by atoms with Crippen molar-refractivity contribution < 1.29 is 17.7 Å². The van der Waals surface area contributed by atoms with E-state index in [2.05, 4.69) is 15.0 Å². The number of thioether (sulfide) groups is 1. The van der Waals surface area contributed by atoms with Gasteiger partial charge in [-0.3, -0.25) is 0 Å². The number of likely N-dealkylation sites (tertiary alicyclic amines) is 1. The molecule has 4 nitrogen and oxygen atoms in total. The van der Waals surface area contributed by atoms with Gasteiger partial charge in [0.15, 0.2) is 0 Å². The number of benzene rings is 1. The molecule has 0 unspecified atom stereocenters. The Kier molecular flexibility index (Phi) is 5.09. The summed E-state index contributed by atoms with van der Waals surface area (Å²) in [5, 5.41) is 3.76. The zero-order valence-corrected chi connectivity index (χ0v) is 14.2. The summed E-state index contributed by atoms with van der Waals surface area (Å²) >= 11 is 6.77. The van der Waals surface area contributed by atoms with Gasteiger partial charge in [0.1, 0.15) is 4.32 Å². The molecular formula is C15H14F3N3OS2. The van der Waals surface area contributed by atoms with Crippen LogP contribution in [0.25, 0.3) is 11.4 Å². The van der Waals surface area contributed by atoms with Gasteiger partial charge < -0.3 is 9.42 Å². The van der Waals surface area contributed by atoms with Gasteiger partial charge in [-0.1, -0.05) is 41.3 Å². The van der Waals surface area contributed by atoms with Crippen molar-refractivity contribution in [2.45, 2.75) is 24.8 Å². The summed E-state index contributed by atoms with van der Waals surface area (Å²) in [6, 6.07) is 4.86. The molecule has 0 amide bonds. The first-order valence-electron chi connectivity index (χ1n) is 7.35. The Balaban J connectivity index is 1.66. The Bertz CT molecular complexity index is 727. The van der Waals surface area contributed by atoms with Crippen molar-refractivity contribution in [2.24, 2.45) is 0 Å². The van der Waals surface area contributed by atoms with Gasteiger partial charge in [0, 0.05) is 18.7 Å². The van der Waals surface area contributed by atoms with Crippen LogP contribution in [0.5, 0.6) is 0 Å². The predicted octanol–water partition coefficient (Wildman–Crippen LogP) is 4.37. The molecule has 1 aromatic carbocycles. The van der Waals surface area contributed by atoms with E-state index in [0.717, 1.165) is 42.4 Å². The highest BCUT2D eigenvalue weighted by atomic mass is 32.2. The molecule has 1 aliphatic rings. The van der Waals surface area contributed by atoms with Gasteiger partial charge in [0.25, 0.3) is 0 Å². The minimum Gasteiger partial charge on any atom is -0.358 e. The summed E-state index contributed by atoms with van der Waals surface area (Å²) in [5.74, 6) is 0.888. The van der Waals surface area contributed by atoms with E-state index < -0.39 is 11.7 Å². The van der Waals surface area contributed by atoms with Crippen LogP contribution < -0.4 is 0 Å². The number of alkyl halides is 3. The van der Waals surface area contributed by atoms with Gasteiger partial charge in [0.2, 0.25) is 11.7 Å². The van der Waals surface area contributed by atoms with Crippen molar-refractivity contribution in [3.8, 4) is 11.4 Å². The zero-order chi connectivity index (χ0) is 17.2. The first kappa shape index (κ1) is 17.2. The van der Waals surface area contributed by atoms with Gasteiger partial charge in [-0.25, -0.2) is 0 Å². The molecule has 2 heterocycles. The van der Waals surface area contributed by atoms with Crippen molar-refractivity contribution in [1.29, 1.82) is 0 Å². The number of hydrogen-bond acceptors (Lipinski definition) is 5. The van der Waals surface area contributed by atoms with Crippen LogP contribution in [0, 0.1) is 0 Å². The highest BCUT2D eigenvalue weighted by molar-refractivity contribution is 8.22. The van der Waals surface area contributed by atoms with Gasteiger partial charge in [-0.2, -0.15) is 18.2 Å². The molecule has 0 bridgehead atoms. The van der Waals surface area contributed by atoms with Crippen LogP contribution in [0.2, 0.25) is 0 Å². The van der Waals surface area contributed by atoms with E-state index in [1.165, 1.54) is 23.9 Å². The number of aromatic nitrogens is 2. The van der Waals surface area contributed by atoms with Gasteiger partial charge in [-0.15, -0.1) is 0 Å². The highest BCUT2D eigenvalue weighted by Crippen LogP contribution is 2.31. The van der Waals surface area contributed by atoms with Crippen molar-refractivity contribution in [1.82, 2.24) is 15.0 Å². The summed E-state index contributed by atoms with van der Waals surface area (Å²) in [6.45, 7) is 1.93. The molecule has 1 saturated heterocycles. The SMILES string of the molecule is FC(F)(F)c1cccc(-c2noc(CSC(=S)N3CCCC3)n2)c1. The number of hydrogen-bond donors (Lipinski definition) is 0. The fourth-order valence-electron chi connectivity index (χ4n) is 2.38. The van der Waals surface area contributed by atoms with Gasteiger partial charge in [0.05, 0.1) is 11.3 Å². The van der Waals surface area contributed by atoms with E-state index >= 15 is 0 Å². The maximum atomic E-state index is 12.8. The fourth-order valence-corrected chi connectivity index (χ4v) is 3.47. The van der Waals surface area contributed by atoms with Crippen LogP contribution in [0.15, 0.2) is 28.8 Å². The average Bonchev–Trinajstić information content (AvgIpc) is 3.23. The molecule has 0 atom stereocenters. The standard InChI is InChI=1S/C15H14F3N3OS2/c16-15(17,18)11-5-3-4-10(8-11)13-19-12(22-20-13)9-24-14(23)21-6-1-2-7-21/h3-5,8H,1-2,6-7,9H2. The number of thiocarbonyl (C=S) groups is 1. The molecule has 0 radical (unpaired) electrons. The van der Waals surface area contributed by atoms with Crippen molar-refractivity contribution >= 4 is 28.3 Å². The van der Waals surface area contributed by atoms with Crippen LogP contribution in [-0.2, 0) is 11.9 Å². The molecule has 24 heavy (non-hydrogen) atoms. The first-order chi connectivity index (χ1) is 11.4. The summed E-state index contributed by atoms with van der Waals surface area (Å²) in [6.07, 6.45) is -2.12. The van der Waals surface area contributed by atoms with Gasteiger partial charge >= 0.3 is 6.18 Å². The van der Waals surface area contributed by atoms with Crippen LogP contribution in [-0.4, -0.2) is 32.5 Å². The molecule has 9 heteroatoms. The second-order valence-electron chi connectivity index (χ2n) is 5.34. The predicted molar refractivity (Wildman–Crippen MR) is 89.4 cm³/mol. The van der Waals surface area contributed by atoms with E-state index in [4.69, 9.17) is 16.7 Å². The van der Waals surface area contributed by atoms with Crippen molar-refractivity contribution in [3.63, 3.8) is 0 Å². The van der Waals surface area contributed by atoms with Crippen molar-refractivity contribution in [2.75, 3.05) is 13.1 Å². The third-order valence-electron chi connectivity index (χ3n) is 3.60. The lowest BCUT2D eigenvalue weighted by molar-refractivity contribution is -0.137. The quantitative estimate of drug-likeness (QED) is 0.745. The largest absolute Gasteiger partial charge is 0.416 e. The minimum absolute atomic E-state index is 0.142. The van der Waals surface area contributed by atoms with Crippen LogP contribution in [0.3, 0.4) is 0 Å². The van der Waals surface area contributed by atoms with E-state index in [-0.39, 0.29) is 11.4 Å². The number of rotatable bonds is 3. The Labute approximate surface area is 146 Å². The Morgan fingerprint density at radius 1 is 1.29 bits per heavy atom. The normalized spacial score (nSPS) is 15.0. The van der Waals surface area contributed by atoms with E-state index in [0.29, 0.717) is 11.6 Å². The fraction of sp³-hybridized carbons (Fsp3) is 0.400. The molecule has 1 fully saturated rings. The maximum absolute atomic E-state index is 12.8. The molecular weight excluding hydrogens is 359 g/mol. The average molecular weight is 373 g/mol. The van der Waals surface area contributed by atoms with E-state index in [9.17, 15) is 13.2 Å². The minimum atomic E-state index is -4.40. The summed E-state index contributed by atoms with van der Waals surface area (Å²) in [7, 11) is 0. The summed E-state index contributed by atoms with van der Waals surface area (Å²) in [4.78, 5) is 6.29. The lowest BCUT2D eigenvalue weighted by Crippen LogP contribution is -2.23. The topological polar surface area (TPSA) is 42.2 Å². The maximum Gasteiger partial charge on any atom is 0.416 e. The van der Waals surface area contributed by atoms with Crippen LogP contribution in [0.1, 0.15) is 24.3 Å². The molecule has 1 aromatic heterocycles. The molecule has 0 aliphatic carbocycles. The monoisotopic (exact) mass is 373 g/mol. The Morgan fingerprint density at radius 2 is 2.04 bits per heavy atom. The zero-order valence-electron chi connectivity index (χ0n) is 12.5.